The maximum atomic E-state index is 11.4. The number of benzene rings is 1. The summed E-state index contributed by atoms with van der Waals surface area (Å²) in [5, 5.41) is 8.78. The molecule has 3 fully saturated rings. The Morgan fingerprint density at radius 3 is 2.34 bits per heavy atom. The monoisotopic (exact) mass is 399 g/mol. The van der Waals surface area contributed by atoms with E-state index >= 15 is 0 Å². The molecule has 1 spiro atoms. The molecule has 0 bridgehead atoms. The first-order valence-corrected chi connectivity index (χ1v) is 10.9. The van der Waals surface area contributed by atoms with Crippen LogP contribution in [-0.2, 0) is 15.1 Å². The Balaban J connectivity index is 1.33. The van der Waals surface area contributed by atoms with Gasteiger partial charge in [0.1, 0.15) is 0 Å². The molecule has 29 heavy (non-hydrogen) atoms. The molecule has 4 rings (SSSR count). The Labute approximate surface area is 173 Å². The normalized spacial score (nSPS) is 36.9. The molecular formula is C23H33N3O3. The number of nitrogens with one attached hydrogen (secondary N) is 2. The zero-order valence-corrected chi connectivity index (χ0v) is 17.5. The summed E-state index contributed by atoms with van der Waals surface area (Å²) in [7, 11) is 4.39. The van der Waals surface area contributed by atoms with Crippen LogP contribution in [0.1, 0.15) is 56.9 Å². The van der Waals surface area contributed by atoms with Crippen molar-refractivity contribution in [2.45, 2.75) is 68.5 Å². The van der Waals surface area contributed by atoms with E-state index in [0.717, 1.165) is 44.9 Å². The molecule has 1 unspecified atom stereocenters. The molecule has 6 nitrogen and oxygen atoms in total. The van der Waals surface area contributed by atoms with Gasteiger partial charge < -0.3 is 5.11 Å². The van der Waals surface area contributed by atoms with E-state index in [1.54, 1.807) is 0 Å². The van der Waals surface area contributed by atoms with Crippen LogP contribution in [0.5, 0.6) is 0 Å². The van der Waals surface area contributed by atoms with Gasteiger partial charge in [0.15, 0.2) is 0 Å². The molecule has 1 atom stereocenters. The SMILES string of the molecule is CN(C)C1(c2ccccc2)CCC2(CC1)CC(C1CC(CC(=O)C(=O)O)C1)NN2. The van der Waals surface area contributed by atoms with Gasteiger partial charge in [0.25, 0.3) is 0 Å². The molecule has 3 N–H and O–H groups in total. The summed E-state index contributed by atoms with van der Waals surface area (Å²) in [4.78, 5) is 24.6. The van der Waals surface area contributed by atoms with Gasteiger partial charge in [0.05, 0.1) is 0 Å². The fraction of sp³-hybridized carbons (Fsp3) is 0.652. The summed E-state index contributed by atoms with van der Waals surface area (Å²) in [6, 6.07) is 11.3. The van der Waals surface area contributed by atoms with Crippen molar-refractivity contribution >= 4 is 11.8 Å². The number of ketones is 1. The van der Waals surface area contributed by atoms with Crippen molar-refractivity contribution in [3.63, 3.8) is 0 Å². The van der Waals surface area contributed by atoms with Crippen LogP contribution in [-0.4, -0.2) is 47.4 Å². The standard InChI is InChI=1S/C23H33N3O3/c1-26(2)23(18-6-4-3-5-7-18)10-8-22(9-11-23)15-19(24-25-22)17-12-16(13-17)14-20(27)21(28)29/h3-7,16-17,19,24-25H,8-15H2,1-2H3,(H,28,29). The minimum Gasteiger partial charge on any atom is -0.476 e. The lowest BCUT2D eigenvalue weighted by Crippen LogP contribution is -2.53. The largest absolute Gasteiger partial charge is 0.476 e. The van der Waals surface area contributed by atoms with Crippen molar-refractivity contribution in [1.29, 1.82) is 0 Å². The van der Waals surface area contributed by atoms with E-state index < -0.39 is 11.8 Å². The summed E-state index contributed by atoms with van der Waals surface area (Å²) >= 11 is 0. The van der Waals surface area contributed by atoms with Gasteiger partial charge in [-0.3, -0.25) is 20.5 Å². The number of aliphatic carboxylic acids is 1. The summed E-state index contributed by atoms with van der Waals surface area (Å²) in [6.45, 7) is 0. The predicted molar refractivity (Wildman–Crippen MR) is 111 cm³/mol. The number of hydrogen-bond acceptors (Lipinski definition) is 5. The molecule has 3 aliphatic rings. The number of hydrazine groups is 1. The van der Waals surface area contributed by atoms with Crippen molar-refractivity contribution in [3.8, 4) is 0 Å². The molecule has 2 saturated carbocycles. The van der Waals surface area contributed by atoms with E-state index in [0.29, 0.717) is 12.0 Å². The van der Waals surface area contributed by atoms with Crippen molar-refractivity contribution in [2.24, 2.45) is 11.8 Å². The highest BCUT2D eigenvalue weighted by atomic mass is 16.4. The second-order valence-corrected chi connectivity index (χ2v) is 9.68. The summed E-state index contributed by atoms with van der Waals surface area (Å²) in [5.41, 5.74) is 8.86. The van der Waals surface area contributed by atoms with Gasteiger partial charge in [0.2, 0.25) is 5.78 Å². The van der Waals surface area contributed by atoms with E-state index in [-0.39, 0.29) is 23.4 Å². The summed E-state index contributed by atoms with van der Waals surface area (Å²) < 4.78 is 0. The maximum absolute atomic E-state index is 11.4. The third-order valence-corrected chi connectivity index (χ3v) is 7.89. The highest BCUT2D eigenvalue weighted by Gasteiger charge is 2.50. The Morgan fingerprint density at radius 1 is 1.10 bits per heavy atom. The van der Waals surface area contributed by atoms with Crippen LogP contribution in [0.15, 0.2) is 30.3 Å². The number of rotatable bonds is 6. The average molecular weight is 400 g/mol. The summed E-state index contributed by atoms with van der Waals surface area (Å²) in [6.07, 6.45) is 7.77. The van der Waals surface area contributed by atoms with Crippen molar-refractivity contribution in [3.05, 3.63) is 35.9 Å². The van der Waals surface area contributed by atoms with Crippen LogP contribution < -0.4 is 10.9 Å². The van der Waals surface area contributed by atoms with E-state index in [4.69, 9.17) is 5.11 Å². The lowest BCUT2D eigenvalue weighted by atomic mass is 9.64. The molecule has 1 aliphatic heterocycles. The molecule has 158 valence electrons. The number of Topliss-reactive ketones (excluding diaryl/α,β-unsaturated/α-hetero) is 1. The number of carboxylic acids is 1. The highest BCUT2D eigenvalue weighted by molar-refractivity contribution is 6.32. The second kappa shape index (κ2) is 7.82. The third-order valence-electron chi connectivity index (χ3n) is 7.89. The zero-order valence-electron chi connectivity index (χ0n) is 17.5. The van der Waals surface area contributed by atoms with E-state index in [1.165, 1.54) is 5.56 Å². The fourth-order valence-corrected chi connectivity index (χ4v) is 5.90. The highest BCUT2D eigenvalue weighted by Crippen LogP contribution is 2.49. The molecule has 6 heteroatoms. The van der Waals surface area contributed by atoms with E-state index in [1.807, 2.05) is 0 Å². The lowest BCUT2D eigenvalue weighted by molar-refractivity contribution is -0.150. The van der Waals surface area contributed by atoms with Crippen LogP contribution in [0.3, 0.4) is 0 Å². The first-order chi connectivity index (χ1) is 13.8. The molecule has 1 saturated heterocycles. The smallest absolute Gasteiger partial charge is 0.372 e. The Morgan fingerprint density at radius 2 is 1.76 bits per heavy atom. The Bertz CT molecular complexity index is 750. The van der Waals surface area contributed by atoms with Gasteiger partial charge in [-0.15, -0.1) is 0 Å². The van der Waals surface area contributed by atoms with Crippen LogP contribution in [0.4, 0.5) is 0 Å². The topological polar surface area (TPSA) is 81.7 Å². The van der Waals surface area contributed by atoms with Crippen LogP contribution in [0, 0.1) is 11.8 Å². The van der Waals surface area contributed by atoms with Crippen molar-refractivity contribution in [2.75, 3.05) is 14.1 Å². The molecule has 1 aromatic rings. The zero-order chi connectivity index (χ0) is 20.6. The minimum absolute atomic E-state index is 0.102. The van der Waals surface area contributed by atoms with Gasteiger partial charge in [-0.25, -0.2) is 4.79 Å². The third kappa shape index (κ3) is 3.86. The number of carboxylic acid groups (broad SMARTS) is 1. The maximum Gasteiger partial charge on any atom is 0.372 e. The van der Waals surface area contributed by atoms with E-state index in [2.05, 4.69) is 60.2 Å². The van der Waals surface area contributed by atoms with Gasteiger partial charge >= 0.3 is 5.97 Å². The van der Waals surface area contributed by atoms with Gasteiger partial charge in [-0.2, -0.15) is 0 Å². The Hall–Kier alpha value is -1.76. The molecule has 1 aromatic carbocycles. The first kappa shape index (κ1) is 20.5. The minimum atomic E-state index is -1.29. The molecule has 2 aliphatic carbocycles. The molecular weight excluding hydrogens is 366 g/mol. The molecule has 0 radical (unpaired) electrons. The molecule has 0 amide bonds. The van der Waals surface area contributed by atoms with Crippen LogP contribution in [0.2, 0.25) is 0 Å². The van der Waals surface area contributed by atoms with Crippen molar-refractivity contribution in [1.82, 2.24) is 15.8 Å². The number of hydrogen-bond donors (Lipinski definition) is 3. The molecule has 0 aromatic heterocycles. The van der Waals surface area contributed by atoms with Crippen LogP contribution >= 0.6 is 0 Å². The van der Waals surface area contributed by atoms with Gasteiger partial charge in [0, 0.05) is 23.5 Å². The second-order valence-electron chi connectivity index (χ2n) is 9.68. The average Bonchev–Trinajstić information content (AvgIpc) is 3.08. The number of carbonyl (C=O) groups is 2. The molecule has 1 heterocycles. The number of nitrogens with zero attached hydrogens (tertiary/aromatic N) is 1. The quantitative estimate of drug-likeness (QED) is 0.638. The van der Waals surface area contributed by atoms with Crippen molar-refractivity contribution < 1.29 is 14.7 Å². The van der Waals surface area contributed by atoms with E-state index in [9.17, 15) is 9.59 Å². The number of carbonyl (C=O) groups excluding carboxylic acids is 1. The van der Waals surface area contributed by atoms with Gasteiger partial charge in [-0.1, -0.05) is 30.3 Å². The van der Waals surface area contributed by atoms with Crippen LogP contribution in [0.25, 0.3) is 0 Å². The first-order valence-electron chi connectivity index (χ1n) is 10.9. The Kier molecular flexibility index (Phi) is 5.53. The summed E-state index contributed by atoms with van der Waals surface area (Å²) in [5.74, 6) is -1.15. The fourth-order valence-electron chi connectivity index (χ4n) is 5.90. The van der Waals surface area contributed by atoms with Gasteiger partial charge in [-0.05, 0) is 76.4 Å². The predicted octanol–water partition coefficient (Wildman–Crippen LogP) is 2.69. The lowest BCUT2D eigenvalue weighted by Gasteiger charge is -2.49.